The second-order valence-electron chi connectivity index (χ2n) is 7.04. The number of aromatic nitrogens is 4. The zero-order valence-electron chi connectivity index (χ0n) is 17.4. The highest BCUT2D eigenvalue weighted by Crippen LogP contribution is 2.37. The van der Waals surface area contributed by atoms with E-state index in [1.807, 2.05) is 30.3 Å². The molecule has 0 spiro atoms. The molecule has 0 saturated heterocycles. The number of hydrogen-bond donors (Lipinski definition) is 1. The van der Waals surface area contributed by atoms with Crippen molar-refractivity contribution in [3.8, 4) is 5.69 Å². The maximum atomic E-state index is 13.4. The highest BCUT2D eigenvalue weighted by atomic mass is 32.2. The first kappa shape index (κ1) is 23.2. The van der Waals surface area contributed by atoms with Gasteiger partial charge in [0.25, 0.3) is 5.69 Å². The zero-order valence-corrected chi connectivity index (χ0v) is 18.2. The van der Waals surface area contributed by atoms with Gasteiger partial charge >= 0.3 is 6.18 Å². The number of alkyl halides is 3. The fourth-order valence-electron chi connectivity index (χ4n) is 3.12. The third-order valence-corrected chi connectivity index (χ3v) is 5.88. The van der Waals surface area contributed by atoms with Gasteiger partial charge in [-0.25, -0.2) is 14.6 Å². The number of thioether (sulfide) groups is 1. The first-order valence-corrected chi connectivity index (χ1v) is 10.6. The number of carbonyl (C=O) groups excluding carboxylic acids is 1. The Morgan fingerprint density at radius 2 is 1.91 bits per heavy atom. The smallest absolute Gasteiger partial charge is 0.325 e. The summed E-state index contributed by atoms with van der Waals surface area (Å²) >= 11 is 1.02. The summed E-state index contributed by atoms with van der Waals surface area (Å²) in [4.78, 5) is 31.0. The van der Waals surface area contributed by atoms with E-state index >= 15 is 0 Å². The van der Waals surface area contributed by atoms with Crippen molar-refractivity contribution in [2.75, 3.05) is 5.32 Å². The molecule has 1 N–H and O–H groups in total. The molecule has 1 atom stereocenters. The molecule has 0 bridgehead atoms. The minimum Gasteiger partial charge on any atom is -0.325 e. The van der Waals surface area contributed by atoms with Gasteiger partial charge in [0.15, 0.2) is 5.65 Å². The van der Waals surface area contributed by atoms with Crippen LogP contribution in [-0.2, 0) is 11.0 Å². The number of fused-ring (bicyclic) bond motifs is 1. The number of halogens is 3. The van der Waals surface area contributed by atoms with Crippen LogP contribution in [0, 0.1) is 10.1 Å². The molecule has 1 amide bonds. The lowest BCUT2D eigenvalue weighted by molar-refractivity contribution is -0.385. The van der Waals surface area contributed by atoms with Crippen LogP contribution in [0.1, 0.15) is 12.5 Å². The van der Waals surface area contributed by atoms with Gasteiger partial charge < -0.3 is 5.32 Å². The van der Waals surface area contributed by atoms with E-state index in [9.17, 15) is 28.1 Å². The van der Waals surface area contributed by atoms with Gasteiger partial charge in [0.05, 0.1) is 38.7 Å². The first-order valence-electron chi connectivity index (χ1n) is 9.72. The van der Waals surface area contributed by atoms with Crippen LogP contribution in [-0.4, -0.2) is 35.8 Å². The normalized spacial score (nSPS) is 12.5. The molecular formula is C21H15F3N6O3S. The van der Waals surface area contributed by atoms with E-state index in [0.717, 1.165) is 29.6 Å². The standard InChI is InChI=1S/C21H15F3N6O3S/c1-12(19(31)28-17-8-7-14(30(32)33)9-16(17)21(22,23)24)34-20-15-10-27-29(18(15)25-11-26-20)13-5-3-2-4-6-13/h2-12H,1H3,(H,28,31). The lowest BCUT2D eigenvalue weighted by atomic mass is 10.1. The Morgan fingerprint density at radius 1 is 1.18 bits per heavy atom. The van der Waals surface area contributed by atoms with Gasteiger partial charge in [-0.2, -0.15) is 18.3 Å². The third kappa shape index (κ3) is 4.69. The maximum Gasteiger partial charge on any atom is 0.418 e. The number of amides is 1. The molecule has 4 rings (SSSR count). The van der Waals surface area contributed by atoms with Crippen LogP contribution in [0.15, 0.2) is 66.1 Å². The summed E-state index contributed by atoms with van der Waals surface area (Å²) in [5.41, 5.74) is -1.32. The monoisotopic (exact) mass is 488 g/mol. The predicted octanol–water partition coefficient (Wildman–Crippen LogP) is 4.86. The molecule has 0 aliphatic heterocycles. The second-order valence-corrected chi connectivity index (χ2v) is 8.37. The molecule has 0 aliphatic carbocycles. The van der Waals surface area contributed by atoms with E-state index < -0.39 is 39.2 Å². The van der Waals surface area contributed by atoms with Crippen LogP contribution in [0.5, 0.6) is 0 Å². The van der Waals surface area contributed by atoms with Crippen molar-refractivity contribution in [3.05, 3.63) is 76.7 Å². The van der Waals surface area contributed by atoms with Crippen LogP contribution in [0.2, 0.25) is 0 Å². The van der Waals surface area contributed by atoms with Crippen LogP contribution >= 0.6 is 11.8 Å². The van der Waals surface area contributed by atoms with E-state index in [-0.39, 0.29) is 0 Å². The molecule has 2 heterocycles. The molecule has 0 aliphatic rings. The number of rotatable bonds is 6. The number of anilines is 1. The Labute approximate surface area is 194 Å². The number of nitrogens with zero attached hydrogens (tertiary/aromatic N) is 5. The largest absolute Gasteiger partial charge is 0.418 e. The van der Waals surface area contributed by atoms with Gasteiger partial charge in [0, 0.05) is 12.1 Å². The number of nitro groups is 1. The van der Waals surface area contributed by atoms with Crippen LogP contribution in [0.25, 0.3) is 16.7 Å². The number of para-hydroxylation sites is 1. The lowest BCUT2D eigenvalue weighted by Crippen LogP contribution is -2.24. The van der Waals surface area contributed by atoms with Gasteiger partial charge in [-0.1, -0.05) is 30.0 Å². The Kier molecular flexibility index (Phi) is 6.20. The van der Waals surface area contributed by atoms with E-state index in [0.29, 0.717) is 22.1 Å². The summed E-state index contributed by atoms with van der Waals surface area (Å²) in [6.07, 6.45) is -2.03. The molecule has 4 aromatic rings. The molecule has 13 heteroatoms. The Morgan fingerprint density at radius 3 is 2.59 bits per heavy atom. The van der Waals surface area contributed by atoms with Crippen LogP contribution < -0.4 is 5.32 Å². The minimum absolute atomic E-state index is 0.388. The fourth-order valence-corrected chi connectivity index (χ4v) is 4.00. The van der Waals surface area contributed by atoms with E-state index in [1.54, 1.807) is 10.9 Å². The molecule has 0 radical (unpaired) electrons. The summed E-state index contributed by atoms with van der Waals surface area (Å²) in [7, 11) is 0. The maximum absolute atomic E-state index is 13.4. The zero-order chi connectivity index (χ0) is 24.5. The van der Waals surface area contributed by atoms with Gasteiger partial charge in [0.1, 0.15) is 11.4 Å². The van der Waals surface area contributed by atoms with Gasteiger partial charge in [0.2, 0.25) is 5.91 Å². The number of hydrogen-bond acceptors (Lipinski definition) is 7. The molecule has 2 aromatic heterocycles. The average Bonchev–Trinajstić information content (AvgIpc) is 3.24. The molecule has 2 aromatic carbocycles. The summed E-state index contributed by atoms with van der Waals surface area (Å²) in [6, 6.07) is 11.4. The van der Waals surface area contributed by atoms with Crippen molar-refractivity contribution in [2.45, 2.75) is 23.4 Å². The molecular weight excluding hydrogens is 473 g/mol. The molecule has 174 valence electrons. The number of nitro benzene ring substituents is 1. The molecule has 0 fully saturated rings. The van der Waals surface area contributed by atoms with Crippen molar-refractivity contribution >= 4 is 40.1 Å². The minimum atomic E-state index is -4.89. The van der Waals surface area contributed by atoms with Crippen molar-refractivity contribution in [1.29, 1.82) is 0 Å². The van der Waals surface area contributed by atoms with Crippen LogP contribution in [0.4, 0.5) is 24.5 Å². The van der Waals surface area contributed by atoms with Gasteiger partial charge in [-0.3, -0.25) is 14.9 Å². The summed E-state index contributed by atoms with van der Waals surface area (Å²) in [6.45, 7) is 1.51. The molecule has 1 unspecified atom stereocenters. The quantitative estimate of drug-likeness (QED) is 0.178. The van der Waals surface area contributed by atoms with Crippen molar-refractivity contribution in [2.24, 2.45) is 0 Å². The summed E-state index contributed by atoms with van der Waals surface area (Å²) in [5.74, 6) is -0.730. The van der Waals surface area contributed by atoms with Gasteiger partial charge in [-0.05, 0) is 25.1 Å². The number of nitrogens with one attached hydrogen (secondary N) is 1. The summed E-state index contributed by atoms with van der Waals surface area (Å²) < 4.78 is 41.8. The summed E-state index contributed by atoms with van der Waals surface area (Å²) in [5, 5.41) is 17.5. The fraction of sp³-hybridized carbons (Fsp3) is 0.143. The Balaban J connectivity index is 1.57. The number of non-ortho nitro benzene ring substituents is 1. The van der Waals surface area contributed by atoms with Crippen LogP contribution in [0.3, 0.4) is 0 Å². The van der Waals surface area contributed by atoms with Crippen molar-refractivity contribution in [3.63, 3.8) is 0 Å². The highest BCUT2D eigenvalue weighted by Gasteiger charge is 2.36. The molecule has 34 heavy (non-hydrogen) atoms. The predicted molar refractivity (Wildman–Crippen MR) is 119 cm³/mol. The topological polar surface area (TPSA) is 116 Å². The van der Waals surface area contributed by atoms with Crippen molar-refractivity contribution < 1.29 is 22.9 Å². The van der Waals surface area contributed by atoms with Gasteiger partial charge in [-0.15, -0.1) is 0 Å². The van der Waals surface area contributed by atoms with E-state index in [2.05, 4.69) is 20.4 Å². The highest BCUT2D eigenvalue weighted by molar-refractivity contribution is 8.00. The third-order valence-electron chi connectivity index (χ3n) is 4.76. The molecule has 0 saturated carbocycles. The molecule has 9 nitrogen and oxygen atoms in total. The number of carbonyl (C=O) groups is 1. The van der Waals surface area contributed by atoms with E-state index in [4.69, 9.17) is 0 Å². The van der Waals surface area contributed by atoms with E-state index in [1.165, 1.54) is 13.3 Å². The second kappa shape index (κ2) is 9.09. The number of benzene rings is 2. The average molecular weight is 488 g/mol. The van der Waals surface area contributed by atoms with Crippen molar-refractivity contribution in [1.82, 2.24) is 19.7 Å². The lowest BCUT2D eigenvalue weighted by Gasteiger charge is -2.16. The first-order chi connectivity index (χ1) is 16.1. The Hall–Kier alpha value is -4.00. The Bertz CT molecular complexity index is 1380. The SMILES string of the molecule is CC(Sc1ncnc2c1cnn2-c1ccccc1)C(=O)Nc1ccc([N+](=O)[O-])cc1C(F)(F)F.